The fourth-order valence-electron chi connectivity index (χ4n) is 0. The van der Waals surface area contributed by atoms with E-state index >= 15 is 0 Å². The van der Waals surface area contributed by atoms with E-state index in [0.717, 1.165) is 0 Å². The molecular weight excluding hydrogens is 130 g/mol. The van der Waals surface area contributed by atoms with Gasteiger partial charge in [0.2, 0.25) is 0 Å². The molecule has 0 saturated carbocycles. The maximum absolute atomic E-state index is 5.41. The molecule has 0 rings (SSSR count). The summed E-state index contributed by atoms with van der Waals surface area (Å²) in [5.74, 6) is 0.107. The number of hydrogen-bond acceptors (Lipinski definition) is 0. The molecule has 0 atom stereocenters. The predicted molar refractivity (Wildman–Crippen MR) is 35.0 cm³/mol. The fraction of sp³-hybridized carbons (Fsp3) is 1.00. The van der Waals surface area contributed by atoms with Crippen molar-refractivity contribution in [3.63, 3.8) is 0 Å². The monoisotopic (exact) mass is 136 g/mol. The molecule has 0 aromatic heterocycles. The van der Waals surface area contributed by atoms with Gasteiger partial charge in [-0.15, -0.1) is 23.2 Å². The minimum atomic E-state index is -1.06. The van der Waals surface area contributed by atoms with Crippen LogP contribution in [-0.4, -0.2) is 12.1 Å². The minimum Gasteiger partial charge on any atom is -0.113 e. The molecule has 0 N–H and O–H groups in total. The van der Waals surface area contributed by atoms with Gasteiger partial charge in [-0.1, -0.05) is 13.8 Å². The largest absolute Gasteiger partial charge is 0.119 e. The first-order valence-electron chi connectivity index (χ1n) is 2.11. The highest BCUT2D eigenvalue weighted by atomic mass is 35.5. The molecule has 0 aliphatic carbocycles. The lowest BCUT2D eigenvalue weighted by Crippen LogP contribution is -2.19. The summed E-state index contributed by atoms with van der Waals surface area (Å²) in [6, 6.07) is 0. The zero-order valence-electron chi connectivity index (χ0n) is 4.41. The maximum atomic E-state index is 5.41. The van der Waals surface area contributed by atoms with Crippen LogP contribution in [0.2, 0.25) is 0 Å². The summed E-state index contributed by atoms with van der Waals surface area (Å²) in [6.07, 6.45) is 0. The standard InChI is InChI=1S/C4H7BCl2/c1-3(2)4(5,6)7/h3H,1-2H3. The Morgan fingerprint density at radius 3 is 1.57 bits per heavy atom. The van der Waals surface area contributed by atoms with Crippen LogP contribution in [-0.2, 0) is 0 Å². The van der Waals surface area contributed by atoms with Crippen LogP contribution in [0.15, 0.2) is 0 Å². The highest BCUT2D eigenvalue weighted by molar-refractivity contribution is 6.65. The van der Waals surface area contributed by atoms with E-state index in [0.29, 0.717) is 0 Å². The summed E-state index contributed by atoms with van der Waals surface area (Å²) in [4.78, 5) is 0. The third-order valence-corrected chi connectivity index (χ3v) is 1.64. The molecule has 0 amide bonds. The lowest BCUT2D eigenvalue weighted by molar-refractivity contribution is 0.669. The van der Waals surface area contributed by atoms with Gasteiger partial charge >= 0.3 is 0 Å². The van der Waals surface area contributed by atoms with E-state index in [4.69, 9.17) is 31.0 Å². The smallest absolute Gasteiger partial charge is 0.113 e. The molecule has 0 aromatic carbocycles. The van der Waals surface area contributed by atoms with Gasteiger partial charge in [0.05, 0.1) is 4.23 Å². The second kappa shape index (κ2) is 2.28. The van der Waals surface area contributed by atoms with Crippen molar-refractivity contribution in [3.05, 3.63) is 0 Å². The van der Waals surface area contributed by atoms with Crippen molar-refractivity contribution in [2.45, 2.75) is 18.1 Å². The Balaban J connectivity index is 3.54. The molecule has 0 unspecified atom stereocenters. The number of hydrogen-bond donors (Lipinski definition) is 0. The Morgan fingerprint density at radius 1 is 1.43 bits per heavy atom. The summed E-state index contributed by atoms with van der Waals surface area (Å²) in [5, 5.41) is 0. The van der Waals surface area contributed by atoms with Gasteiger partial charge in [-0.2, -0.15) is 0 Å². The SMILES string of the molecule is [B]C(Cl)(Cl)C(C)C. The lowest BCUT2D eigenvalue weighted by atomic mass is 9.92. The Labute approximate surface area is 55.6 Å². The molecule has 7 heavy (non-hydrogen) atoms. The number of alkyl halides is 2. The summed E-state index contributed by atoms with van der Waals surface area (Å²) in [5.41, 5.74) is 0. The van der Waals surface area contributed by atoms with Crippen LogP contribution in [0.3, 0.4) is 0 Å². The van der Waals surface area contributed by atoms with Gasteiger partial charge in [-0.25, -0.2) is 0 Å². The molecule has 40 valence electrons. The topological polar surface area (TPSA) is 0 Å². The summed E-state index contributed by atoms with van der Waals surface area (Å²) < 4.78 is -1.06. The third-order valence-electron chi connectivity index (χ3n) is 0.770. The normalized spacial score (nSPS) is 12.7. The average molecular weight is 137 g/mol. The highest BCUT2D eigenvalue weighted by Crippen LogP contribution is 2.24. The second-order valence-corrected chi connectivity index (χ2v) is 3.27. The first-order valence-corrected chi connectivity index (χ1v) is 2.87. The maximum Gasteiger partial charge on any atom is 0.119 e. The van der Waals surface area contributed by atoms with Gasteiger partial charge in [0, 0.05) is 0 Å². The Bertz CT molecular complexity index is 55.2. The molecule has 0 aromatic rings. The molecule has 0 aliphatic rings. The van der Waals surface area contributed by atoms with Gasteiger partial charge < -0.3 is 0 Å². The van der Waals surface area contributed by atoms with Crippen LogP contribution in [0.1, 0.15) is 13.8 Å². The zero-order chi connectivity index (χ0) is 6.08. The molecule has 0 heterocycles. The minimum absolute atomic E-state index is 0.107. The molecule has 0 bridgehead atoms. The van der Waals surface area contributed by atoms with Crippen molar-refractivity contribution in [3.8, 4) is 0 Å². The Kier molecular flexibility index (Phi) is 2.49. The number of halogens is 2. The average Bonchev–Trinajstić information content (AvgIpc) is 1.31. The van der Waals surface area contributed by atoms with Crippen molar-refractivity contribution >= 4 is 31.0 Å². The van der Waals surface area contributed by atoms with Crippen LogP contribution in [0.5, 0.6) is 0 Å². The van der Waals surface area contributed by atoms with Crippen LogP contribution < -0.4 is 0 Å². The molecule has 0 fully saturated rings. The van der Waals surface area contributed by atoms with Crippen molar-refractivity contribution in [1.82, 2.24) is 0 Å². The van der Waals surface area contributed by atoms with Crippen molar-refractivity contribution in [2.75, 3.05) is 0 Å². The molecule has 0 nitrogen and oxygen atoms in total. The molecule has 2 radical (unpaired) electrons. The second-order valence-electron chi connectivity index (χ2n) is 1.83. The van der Waals surface area contributed by atoms with E-state index in [1.165, 1.54) is 0 Å². The summed E-state index contributed by atoms with van der Waals surface area (Å²) in [6.45, 7) is 3.72. The summed E-state index contributed by atoms with van der Waals surface area (Å²) in [7, 11) is 5.21. The molecular formula is C4H7BCl2. The number of rotatable bonds is 1. The Hall–Kier alpha value is 0.645. The van der Waals surface area contributed by atoms with Crippen LogP contribution >= 0.6 is 23.2 Å². The van der Waals surface area contributed by atoms with E-state index in [9.17, 15) is 0 Å². The van der Waals surface area contributed by atoms with Crippen molar-refractivity contribution in [2.24, 2.45) is 5.92 Å². The first-order chi connectivity index (χ1) is 2.94. The molecule has 0 saturated heterocycles. The van der Waals surface area contributed by atoms with Gasteiger partial charge in [-0.05, 0) is 5.92 Å². The lowest BCUT2D eigenvalue weighted by Gasteiger charge is -2.17. The zero-order valence-corrected chi connectivity index (χ0v) is 5.92. The van der Waals surface area contributed by atoms with Gasteiger partial charge in [0.25, 0.3) is 0 Å². The van der Waals surface area contributed by atoms with Gasteiger partial charge in [0.15, 0.2) is 0 Å². The highest BCUT2D eigenvalue weighted by Gasteiger charge is 2.19. The predicted octanol–water partition coefficient (Wildman–Crippen LogP) is 1.94. The third kappa shape index (κ3) is 3.25. The van der Waals surface area contributed by atoms with E-state index in [1.54, 1.807) is 0 Å². The molecule has 0 spiro atoms. The quantitative estimate of drug-likeness (QED) is 0.382. The first kappa shape index (κ1) is 7.64. The van der Waals surface area contributed by atoms with Gasteiger partial charge in [0.1, 0.15) is 7.85 Å². The van der Waals surface area contributed by atoms with Crippen molar-refractivity contribution in [1.29, 1.82) is 0 Å². The van der Waals surface area contributed by atoms with E-state index in [1.807, 2.05) is 13.8 Å². The fourth-order valence-corrected chi connectivity index (χ4v) is 0. The van der Waals surface area contributed by atoms with Crippen LogP contribution in [0.4, 0.5) is 0 Å². The molecule has 3 heteroatoms. The Morgan fingerprint density at radius 2 is 1.57 bits per heavy atom. The van der Waals surface area contributed by atoms with Gasteiger partial charge in [-0.3, -0.25) is 0 Å². The van der Waals surface area contributed by atoms with E-state index in [2.05, 4.69) is 0 Å². The van der Waals surface area contributed by atoms with E-state index in [-0.39, 0.29) is 5.92 Å². The van der Waals surface area contributed by atoms with Crippen LogP contribution in [0.25, 0.3) is 0 Å². The summed E-state index contributed by atoms with van der Waals surface area (Å²) >= 11 is 10.8. The van der Waals surface area contributed by atoms with Crippen LogP contribution in [0, 0.1) is 5.92 Å². The van der Waals surface area contributed by atoms with E-state index < -0.39 is 4.23 Å². The molecule has 0 aliphatic heterocycles. The van der Waals surface area contributed by atoms with Crippen molar-refractivity contribution < 1.29 is 0 Å².